The van der Waals surface area contributed by atoms with Gasteiger partial charge in [0, 0.05) is 18.3 Å². The third kappa shape index (κ3) is 3.01. The average Bonchev–Trinajstić information content (AvgIpc) is 2.37. The smallest absolute Gasteiger partial charge is 0.258 e. The maximum absolute atomic E-state index is 10.5. The second-order valence-corrected chi connectivity index (χ2v) is 3.94. The Balaban J connectivity index is 2.16. The molecule has 0 aliphatic heterocycles. The minimum atomic E-state index is -0.407. The fraction of sp³-hybridized carbons (Fsp3) is 0.0714. The number of rotatable bonds is 3. The van der Waals surface area contributed by atoms with Crippen LogP contribution in [0.15, 0.2) is 42.6 Å². The first kappa shape index (κ1) is 12.0. The summed E-state index contributed by atoms with van der Waals surface area (Å²) in [5.74, 6) is 0. The van der Waals surface area contributed by atoms with Gasteiger partial charge >= 0.3 is 0 Å². The van der Waals surface area contributed by atoms with Crippen molar-refractivity contribution in [3.8, 4) is 0 Å². The van der Waals surface area contributed by atoms with Gasteiger partial charge in [-0.2, -0.15) is 0 Å². The molecule has 0 radical (unpaired) electrons. The molecule has 1 aromatic heterocycles. The summed E-state index contributed by atoms with van der Waals surface area (Å²) in [6.45, 7) is 2.00. The van der Waals surface area contributed by atoms with Crippen molar-refractivity contribution in [2.24, 2.45) is 0 Å². The highest BCUT2D eigenvalue weighted by Gasteiger charge is 2.02. The summed E-state index contributed by atoms with van der Waals surface area (Å²) in [7, 11) is 0. The topological polar surface area (TPSA) is 56.0 Å². The standard InChI is InChI=1S/C14H12N2O2/c1-11-8-9-15-13(10-11)5-2-12-3-6-14(7-4-12)16(17)18/h2-10H,1H3/b5-2+. The average molecular weight is 240 g/mol. The van der Waals surface area contributed by atoms with E-state index in [1.807, 2.05) is 31.2 Å². The van der Waals surface area contributed by atoms with E-state index < -0.39 is 4.92 Å². The van der Waals surface area contributed by atoms with Gasteiger partial charge in [0.2, 0.25) is 0 Å². The number of aryl methyl sites for hydroxylation is 1. The first-order valence-corrected chi connectivity index (χ1v) is 5.50. The molecular formula is C14H12N2O2. The summed E-state index contributed by atoms with van der Waals surface area (Å²) in [4.78, 5) is 14.3. The normalized spacial score (nSPS) is 10.7. The highest BCUT2D eigenvalue weighted by Crippen LogP contribution is 2.14. The van der Waals surface area contributed by atoms with Crippen LogP contribution in [0.5, 0.6) is 0 Å². The predicted molar refractivity (Wildman–Crippen MR) is 71.0 cm³/mol. The summed E-state index contributed by atoms with van der Waals surface area (Å²) < 4.78 is 0. The van der Waals surface area contributed by atoms with Gasteiger partial charge in [-0.15, -0.1) is 0 Å². The van der Waals surface area contributed by atoms with E-state index in [1.165, 1.54) is 12.1 Å². The van der Waals surface area contributed by atoms with E-state index >= 15 is 0 Å². The van der Waals surface area contributed by atoms with Crippen LogP contribution in [-0.2, 0) is 0 Å². The largest absolute Gasteiger partial charge is 0.269 e. The van der Waals surface area contributed by atoms with Gasteiger partial charge in [0.1, 0.15) is 0 Å². The second kappa shape index (κ2) is 5.23. The fourth-order valence-corrected chi connectivity index (χ4v) is 1.54. The number of nitrogens with zero attached hydrogens (tertiary/aromatic N) is 2. The molecule has 0 saturated carbocycles. The van der Waals surface area contributed by atoms with Gasteiger partial charge in [-0.05, 0) is 48.4 Å². The van der Waals surface area contributed by atoms with Gasteiger partial charge in [-0.3, -0.25) is 15.1 Å². The molecule has 90 valence electrons. The van der Waals surface area contributed by atoms with E-state index in [2.05, 4.69) is 4.98 Å². The molecule has 1 aromatic carbocycles. The molecular weight excluding hydrogens is 228 g/mol. The van der Waals surface area contributed by atoms with Crippen molar-refractivity contribution in [2.45, 2.75) is 6.92 Å². The zero-order valence-corrected chi connectivity index (χ0v) is 9.91. The molecule has 0 amide bonds. The molecule has 2 rings (SSSR count). The number of aromatic nitrogens is 1. The van der Waals surface area contributed by atoms with Crippen molar-refractivity contribution in [2.75, 3.05) is 0 Å². The van der Waals surface area contributed by atoms with Crippen LogP contribution in [0.25, 0.3) is 12.2 Å². The van der Waals surface area contributed by atoms with Crippen molar-refractivity contribution in [1.82, 2.24) is 4.98 Å². The molecule has 4 heteroatoms. The summed E-state index contributed by atoms with van der Waals surface area (Å²) in [6.07, 6.45) is 5.52. The predicted octanol–water partition coefficient (Wildman–Crippen LogP) is 3.47. The third-order valence-electron chi connectivity index (χ3n) is 2.49. The van der Waals surface area contributed by atoms with E-state index in [-0.39, 0.29) is 5.69 Å². The Bertz CT molecular complexity index is 589. The fourth-order valence-electron chi connectivity index (χ4n) is 1.54. The number of nitro groups is 1. The van der Waals surface area contributed by atoms with Gasteiger partial charge in [0.25, 0.3) is 5.69 Å². The van der Waals surface area contributed by atoms with Gasteiger partial charge in [0.15, 0.2) is 0 Å². The number of non-ortho nitro benzene ring substituents is 1. The molecule has 0 aliphatic carbocycles. The number of hydrogen-bond donors (Lipinski definition) is 0. The van der Waals surface area contributed by atoms with Crippen molar-refractivity contribution in [3.63, 3.8) is 0 Å². The van der Waals surface area contributed by atoms with Crippen molar-refractivity contribution in [3.05, 3.63) is 69.5 Å². The Morgan fingerprint density at radius 3 is 2.50 bits per heavy atom. The molecule has 0 atom stereocenters. The van der Waals surface area contributed by atoms with Crippen LogP contribution in [0.2, 0.25) is 0 Å². The lowest BCUT2D eigenvalue weighted by molar-refractivity contribution is -0.384. The summed E-state index contributed by atoms with van der Waals surface area (Å²) in [5.41, 5.74) is 3.02. The van der Waals surface area contributed by atoms with Crippen LogP contribution < -0.4 is 0 Å². The second-order valence-electron chi connectivity index (χ2n) is 3.94. The number of hydrogen-bond acceptors (Lipinski definition) is 3. The summed E-state index contributed by atoms with van der Waals surface area (Å²) in [6, 6.07) is 10.3. The third-order valence-corrected chi connectivity index (χ3v) is 2.49. The van der Waals surface area contributed by atoms with E-state index in [0.717, 1.165) is 16.8 Å². The zero-order chi connectivity index (χ0) is 13.0. The Hall–Kier alpha value is -2.49. The summed E-state index contributed by atoms with van der Waals surface area (Å²) >= 11 is 0. The molecule has 0 spiro atoms. The lowest BCUT2D eigenvalue weighted by Gasteiger charge is -1.96. The van der Waals surface area contributed by atoms with Gasteiger partial charge in [-0.1, -0.05) is 6.08 Å². The molecule has 0 saturated heterocycles. The Morgan fingerprint density at radius 1 is 1.17 bits per heavy atom. The number of benzene rings is 1. The Labute approximate surface area is 105 Å². The van der Waals surface area contributed by atoms with Crippen LogP contribution in [-0.4, -0.2) is 9.91 Å². The molecule has 18 heavy (non-hydrogen) atoms. The van der Waals surface area contributed by atoms with Crippen LogP contribution in [0.4, 0.5) is 5.69 Å². The maximum Gasteiger partial charge on any atom is 0.269 e. The van der Waals surface area contributed by atoms with Crippen LogP contribution in [0.1, 0.15) is 16.8 Å². The van der Waals surface area contributed by atoms with E-state index in [0.29, 0.717) is 0 Å². The number of nitro benzene ring substituents is 1. The van der Waals surface area contributed by atoms with Crippen molar-refractivity contribution >= 4 is 17.8 Å². The lowest BCUT2D eigenvalue weighted by Crippen LogP contribution is -1.86. The summed E-state index contributed by atoms with van der Waals surface area (Å²) in [5, 5.41) is 10.5. The van der Waals surface area contributed by atoms with E-state index in [9.17, 15) is 10.1 Å². The monoisotopic (exact) mass is 240 g/mol. The van der Waals surface area contributed by atoms with Crippen LogP contribution in [0.3, 0.4) is 0 Å². The quantitative estimate of drug-likeness (QED) is 0.609. The minimum absolute atomic E-state index is 0.0980. The molecule has 0 bridgehead atoms. The van der Waals surface area contributed by atoms with E-state index in [1.54, 1.807) is 18.3 Å². The lowest BCUT2D eigenvalue weighted by atomic mass is 10.1. The zero-order valence-electron chi connectivity index (χ0n) is 9.91. The van der Waals surface area contributed by atoms with Crippen LogP contribution in [0, 0.1) is 17.0 Å². The SMILES string of the molecule is Cc1ccnc(/C=C/c2ccc([N+](=O)[O-])cc2)c1. The maximum atomic E-state index is 10.5. The van der Waals surface area contributed by atoms with Crippen molar-refractivity contribution < 1.29 is 4.92 Å². The molecule has 1 heterocycles. The van der Waals surface area contributed by atoms with Crippen LogP contribution >= 0.6 is 0 Å². The van der Waals surface area contributed by atoms with Gasteiger partial charge in [-0.25, -0.2) is 0 Å². The molecule has 0 N–H and O–H groups in total. The molecule has 4 nitrogen and oxygen atoms in total. The molecule has 0 unspecified atom stereocenters. The Morgan fingerprint density at radius 2 is 1.89 bits per heavy atom. The highest BCUT2D eigenvalue weighted by atomic mass is 16.6. The molecule has 0 fully saturated rings. The first-order valence-electron chi connectivity index (χ1n) is 5.50. The van der Waals surface area contributed by atoms with Gasteiger partial charge < -0.3 is 0 Å². The van der Waals surface area contributed by atoms with E-state index in [4.69, 9.17) is 0 Å². The molecule has 0 aliphatic rings. The number of pyridine rings is 1. The molecule has 2 aromatic rings. The highest BCUT2D eigenvalue weighted by molar-refractivity contribution is 5.68. The van der Waals surface area contributed by atoms with Gasteiger partial charge in [0.05, 0.1) is 10.6 Å². The van der Waals surface area contributed by atoms with Crippen molar-refractivity contribution in [1.29, 1.82) is 0 Å². The minimum Gasteiger partial charge on any atom is -0.258 e. The first-order chi connectivity index (χ1) is 8.65. The Kier molecular flexibility index (Phi) is 3.48.